The molecule has 2 N–H and O–H groups in total. The number of benzene rings is 1. The van der Waals surface area contributed by atoms with Gasteiger partial charge >= 0.3 is 0 Å². The molecule has 1 saturated carbocycles. The minimum Gasteiger partial charge on any atom is -0.342 e. The number of nitrogens with two attached hydrogens (primary N) is 1. The molecular formula is C16H24N2O. The zero-order chi connectivity index (χ0) is 13.7. The molecule has 0 aliphatic heterocycles. The summed E-state index contributed by atoms with van der Waals surface area (Å²) < 4.78 is 0. The molecule has 1 aromatic rings. The Morgan fingerprint density at radius 2 is 2.05 bits per heavy atom. The maximum absolute atomic E-state index is 12.4. The van der Waals surface area contributed by atoms with Gasteiger partial charge < -0.3 is 10.6 Å². The smallest absolute Gasteiger partial charge is 0.225 e. The summed E-state index contributed by atoms with van der Waals surface area (Å²) in [7, 11) is 0. The normalized spacial score (nSPS) is 22.4. The van der Waals surface area contributed by atoms with Crippen LogP contribution in [0.2, 0.25) is 0 Å². The van der Waals surface area contributed by atoms with Gasteiger partial charge in [-0.05, 0) is 38.2 Å². The molecule has 2 unspecified atom stereocenters. The predicted octanol–water partition coefficient (Wildman–Crippen LogP) is 2.21. The van der Waals surface area contributed by atoms with E-state index in [2.05, 4.69) is 19.1 Å². The first-order valence-corrected chi connectivity index (χ1v) is 7.29. The van der Waals surface area contributed by atoms with Crippen LogP contribution in [0.25, 0.3) is 0 Å². The summed E-state index contributed by atoms with van der Waals surface area (Å²) in [6.07, 6.45) is 3.74. The van der Waals surface area contributed by atoms with Crippen molar-refractivity contribution in [3.8, 4) is 0 Å². The van der Waals surface area contributed by atoms with Gasteiger partial charge in [0.25, 0.3) is 0 Å². The predicted molar refractivity (Wildman–Crippen MR) is 77.7 cm³/mol. The highest BCUT2D eigenvalue weighted by atomic mass is 16.2. The molecule has 3 nitrogen and oxygen atoms in total. The average molecular weight is 260 g/mol. The first kappa shape index (κ1) is 14.1. The van der Waals surface area contributed by atoms with Gasteiger partial charge in [-0.2, -0.15) is 0 Å². The van der Waals surface area contributed by atoms with Gasteiger partial charge in [0.05, 0.1) is 0 Å². The molecule has 0 aromatic heterocycles. The zero-order valence-electron chi connectivity index (χ0n) is 11.7. The van der Waals surface area contributed by atoms with E-state index < -0.39 is 0 Å². The van der Waals surface area contributed by atoms with E-state index in [1.807, 2.05) is 23.1 Å². The number of rotatable bonds is 5. The Bertz CT molecular complexity index is 404. The van der Waals surface area contributed by atoms with Crippen LogP contribution in [0.4, 0.5) is 0 Å². The molecule has 0 bridgehead atoms. The second-order valence-electron chi connectivity index (χ2n) is 5.42. The second-order valence-corrected chi connectivity index (χ2v) is 5.42. The van der Waals surface area contributed by atoms with Crippen LogP contribution in [-0.2, 0) is 11.2 Å². The van der Waals surface area contributed by atoms with Crippen LogP contribution in [0.5, 0.6) is 0 Å². The van der Waals surface area contributed by atoms with Crippen LogP contribution in [0.1, 0.15) is 31.7 Å². The first-order chi connectivity index (χ1) is 9.20. The zero-order valence-corrected chi connectivity index (χ0v) is 11.7. The van der Waals surface area contributed by atoms with E-state index in [0.717, 1.165) is 38.8 Å². The standard InChI is InChI=1S/C16H24N2O/c1-2-18(11-10-13-6-4-3-5-7-13)16(19)14-8-9-15(17)12-14/h3-7,14-15H,2,8-12,17H2,1H3. The summed E-state index contributed by atoms with van der Waals surface area (Å²) in [4.78, 5) is 14.4. The molecule has 0 saturated heterocycles. The van der Waals surface area contributed by atoms with Crippen molar-refractivity contribution < 1.29 is 4.79 Å². The molecule has 104 valence electrons. The minimum absolute atomic E-state index is 0.158. The summed E-state index contributed by atoms with van der Waals surface area (Å²) in [5.74, 6) is 0.456. The number of amides is 1. The van der Waals surface area contributed by atoms with Gasteiger partial charge in [0.15, 0.2) is 0 Å². The van der Waals surface area contributed by atoms with Crippen LogP contribution in [0.15, 0.2) is 30.3 Å². The molecule has 1 fully saturated rings. The molecular weight excluding hydrogens is 236 g/mol. The van der Waals surface area contributed by atoms with E-state index in [0.29, 0.717) is 5.91 Å². The summed E-state index contributed by atoms with van der Waals surface area (Å²) in [6.45, 7) is 3.65. The van der Waals surface area contributed by atoms with Gasteiger partial charge in [-0.15, -0.1) is 0 Å². The van der Waals surface area contributed by atoms with Crippen molar-refractivity contribution in [2.24, 2.45) is 11.7 Å². The molecule has 0 spiro atoms. The van der Waals surface area contributed by atoms with Gasteiger partial charge in [0, 0.05) is 25.0 Å². The van der Waals surface area contributed by atoms with E-state index in [1.54, 1.807) is 0 Å². The van der Waals surface area contributed by atoms with Crippen molar-refractivity contribution in [3.63, 3.8) is 0 Å². The molecule has 0 radical (unpaired) electrons. The van der Waals surface area contributed by atoms with Crippen LogP contribution in [0.3, 0.4) is 0 Å². The molecule has 2 rings (SSSR count). The molecule has 1 aliphatic rings. The van der Waals surface area contributed by atoms with Crippen molar-refractivity contribution >= 4 is 5.91 Å². The summed E-state index contributed by atoms with van der Waals surface area (Å²) in [5, 5.41) is 0. The molecule has 19 heavy (non-hydrogen) atoms. The topological polar surface area (TPSA) is 46.3 Å². The highest BCUT2D eigenvalue weighted by Gasteiger charge is 2.30. The highest BCUT2D eigenvalue weighted by Crippen LogP contribution is 2.26. The van der Waals surface area contributed by atoms with E-state index in [9.17, 15) is 4.79 Å². The lowest BCUT2D eigenvalue weighted by atomic mass is 10.1. The van der Waals surface area contributed by atoms with Crippen LogP contribution < -0.4 is 5.73 Å². The van der Waals surface area contributed by atoms with Crippen LogP contribution in [-0.4, -0.2) is 29.9 Å². The molecule has 0 heterocycles. The summed E-state index contributed by atoms with van der Waals surface area (Å²) in [6, 6.07) is 10.6. The highest BCUT2D eigenvalue weighted by molar-refractivity contribution is 5.79. The lowest BCUT2D eigenvalue weighted by Crippen LogP contribution is -2.37. The van der Waals surface area contributed by atoms with Crippen LogP contribution >= 0.6 is 0 Å². The Hall–Kier alpha value is -1.35. The van der Waals surface area contributed by atoms with Gasteiger partial charge in [0.1, 0.15) is 0 Å². The van der Waals surface area contributed by atoms with Gasteiger partial charge in [-0.25, -0.2) is 0 Å². The van der Waals surface area contributed by atoms with Gasteiger partial charge in [-0.3, -0.25) is 4.79 Å². The fourth-order valence-electron chi connectivity index (χ4n) is 2.83. The molecule has 2 atom stereocenters. The summed E-state index contributed by atoms with van der Waals surface area (Å²) >= 11 is 0. The van der Waals surface area contributed by atoms with Crippen molar-refractivity contribution in [3.05, 3.63) is 35.9 Å². The Balaban J connectivity index is 1.87. The molecule has 1 aromatic carbocycles. The third-order valence-corrected chi connectivity index (χ3v) is 4.03. The Morgan fingerprint density at radius 1 is 1.32 bits per heavy atom. The number of hydrogen-bond donors (Lipinski definition) is 1. The minimum atomic E-state index is 0.158. The number of hydrogen-bond acceptors (Lipinski definition) is 2. The van der Waals surface area contributed by atoms with Gasteiger partial charge in [-0.1, -0.05) is 30.3 Å². The van der Waals surface area contributed by atoms with Crippen molar-refractivity contribution in [1.82, 2.24) is 4.90 Å². The Morgan fingerprint density at radius 3 is 2.63 bits per heavy atom. The summed E-state index contributed by atoms with van der Waals surface area (Å²) in [5.41, 5.74) is 7.19. The van der Waals surface area contributed by atoms with Crippen LogP contribution in [0, 0.1) is 5.92 Å². The quantitative estimate of drug-likeness (QED) is 0.882. The number of likely N-dealkylation sites (N-methyl/N-ethyl adjacent to an activating group) is 1. The fourth-order valence-corrected chi connectivity index (χ4v) is 2.83. The SMILES string of the molecule is CCN(CCc1ccccc1)C(=O)C1CCC(N)C1. The molecule has 3 heteroatoms. The Labute approximate surface area is 115 Å². The third kappa shape index (κ3) is 3.80. The monoisotopic (exact) mass is 260 g/mol. The van der Waals surface area contributed by atoms with E-state index >= 15 is 0 Å². The third-order valence-electron chi connectivity index (χ3n) is 4.03. The number of carbonyl (C=O) groups is 1. The van der Waals surface area contributed by atoms with E-state index in [1.165, 1.54) is 5.56 Å². The Kier molecular flexibility index (Phi) is 4.97. The number of nitrogens with zero attached hydrogens (tertiary/aromatic N) is 1. The number of carbonyl (C=O) groups excluding carboxylic acids is 1. The molecule has 1 amide bonds. The van der Waals surface area contributed by atoms with E-state index in [4.69, 9.17) is 5.73 Å². The fraction of sp³-hybridized carbons (Fsp3) is 0.562. The first-order valence-electron chi connectivity index (χ1n) is 7.29. The second kappa shape index (κ2) is 6.71. The lowest BCUT2D eigenvalue weighted by Gasteiger charge is -2.24. The van der Waals surface area contributed by atoms with Crippen molar-refractivity contribution in [2.45, 2.75) is 38.6 Å². The van der Waals surface area contributed by atoms with Gasteiger partial charge in [0.2, 0.25) is 5.91 Å². The van der Waals surface area contributed by atoms with E-state index in [-0.39, 0.29) is 12.0 Å². The molecule has 1 aliphatic carbocycles. The maximum atomic E-state index is 12.4. The lowest BCUT2D eigenvalue weighted by molar-refractivity contribution is -0.135. The largest absolute Gasteiger partial charge is 0.342 e. The van der Waals surface area contributed by atoms with Crippen molar-refractivity contribution in [2.75, 3.05) is 13.1 Å². The average Bonchev–Trinajstić information content (AvgIpc) is 2.87. The van der Waals surface area contributed by atoms with Crippen molar-refractivity contribution in [1.29, 1.82) is 0 Å². The maximum Gasteiger partial charge on any atom is 0.225 e.